The Morgan fingerprint density at radius 2 is 1.82 bits per heavy atom. The molecule has 0 aromatic rings. The van der Waals surface area contributed by atoms with E-state index in [1.807, 2.05) is 0 Å². The molecular weight excluding hydrogens is 228 g/mol. The first-order valence-electron chi connectivity index (χ1n) is 4.66. The van der Waals surface area contributed by atoms with E-state index < -0.39 is 11.9 Å². The zero-order valence-electron chi connectivity index (χ0n) is 10.1. The molecule has 0 unspecified atom stereocenters. The molecule has 17 heavy (non-hydrogen) atoms. The molecule has 0 aliphatic rings. The number of aliphatic carboxylic acids is 1. The standard InChI is InChI=1S/C6H8O4.C5H8O2/c1-2-10-6(9)4-3-5(7)8;1-4(2)5(6)7-3/h3-4H,2H2,1H3,(H,7,8);1H2,2-3H3. The van der Waals surface area contributed by atoms with Gasteiger partial charge in [-0.15, -0.1) is 0 Å². The maximum atomic E-state index is 10.4. The van der Waals surface area contributed by atoms with Crippen molar-refractivity contribution in [3.05, 3.63) is 24.3 Å². The number of esters is 2. The number of rotatable bonds is 4. The number of carbonyl (C=O) groups is 3. The Kier molecular flexibility index (Phi) is 10.6. The van der Waals surface area contributed by atoms with Crippen LogP contribution in [0.3, 0.4) is 0 Å². The Morgan fingerprint density at radius 1 is 1.29 bits per heavy atom. The Morgan fingerprint density at radius 3 is 2.06 bits per heavy atom. The lowest BCUT2D eigenvalue weighted by Crippen LogP contribution is -2.00. The van der Waals surface area contributed by atoms with E-state index in [1.54, 1.807) is 13.8 Å². The predicted molar refractivity (Wildman–Crippen MR) is 60.2 cm³/mol. The van der Waals surface area contributed by atoms with Gasteiger partial charge in [-0.3, -0.25) is 0 Å². The van der Waals surface area contributed by atoms with Gasteiger partial charge in [0.2, 0.25) is 0 Å². The average Bonchev–Trinajstić information content (AvgIpc) is 2.26. The minimum atomic E-state index is -1.16. The van der Waals surface area contributed by atoms with Gasteiger partial charge in [-0.1, -0.05) is 6.58 Å². The third kappa shape index (κ3) is 13.9. The smallest absolute Gasteiger partial charge is 0.332 e. The molecule has 0 aliphatic heterocycles. The van der Waals surface area contributed by atoms with E-state index in [2.05, 4.69) is 16.1 Å². The van der Waals surface area contributed by atoms with Crippen molar-refractivity contribution in [1.82, 2.24) is 0 Å². The van der Waals surface area contributed by atoms with Crippen LogP contribution in [0.25, 0.3) is 0 Å². The number of hydrogen-bond acceptors (Lipinski definition) is 5. The van der Waals surface area contributed by atoms with Crippen LogP contribution in [0.4, 0.5) is 0 Å². The normalized spacial score (nSPS) is 8.88. The second-order valence-electron chi connectivity index (χ2n) is 2.70. The van der Waals surface area contributed by atoms with Crippen LogP contribution in [-0.2, 0) is 23.9 Å². The van der Waals surface area contributed by atoms with Crippen molar-refractivity contribution >= 4 is 17.9 Å². The first-order chi connectivity index (χ1) is 7.84. The van der Waals surface area contributed by atoms with Crippen LogP contribution in [0, 0.1) is 0 Å². The van der Waals surface area contributed by atoms with E-state index in [1.165, 1.54) is 7.11 Å². The number of carboxylic acid groups (broad SMARTS) is 1. The largest absolute Gasteiger partial charge is 0.478 e. The third-order valence-corrected chi connectivity index (χ3v) is 1.18. The molecule has 0 atom stereocenters. The van der Waals surface area contributed by atoms with Crippen molar-refractivity contribution in [3.8, 4) is 0 Å². The molecule has 0 amide bonds. The van der Waals surface area contributed by atoms with Gasteiger partial charge in [-0.05, 0) is 13.8 Å². The van der Waals surface area contributed by atoms with E-state index in [-0.39, 0.29) is 12.6 Å². The topological polar surface area (TPSA) is 89.9 Å². The van der Waals surface area contributed by atoms with Crippen LogP contribution in [-0.4, -0.2) is 36.7 Å². The average molecular weight is 244 g/mol. The third-order valence-electron chi connectivity index (χ3n) is 1.18. The quantitative estimate of drug-likeness (QED) is 0.584. The first-order valence-corrected chi connectivity index (χ1v) is 4.66. The molecule has 1 N–H and O–H groups in total. The monoisotopic (exact) mass is 244 g/mol. The summed E-state index contributed by atoms with van der Waals surface area (Å²) in [7, 11) is 1.33. The van der Waals surface area contributed by atoms with Crippen LogP contribution in [0.2, 0.25) is 0 Å². The SMILES string of the molecule is C=C(C)C(=O)OC.CCOC(=O)C=CC(=O)O. The molecule has 0 radical (unpaired) electrons. The van der Waals surface area contributed by atoms with Gasteiger partial charge < -0.3 is 14.6 Å². The maximum Gasteiger partial charge on any atom is 0.332 e. The van der Waals surface area contributed by atoms with Crippen molar-refractivity contribution in [1.29, 1.82) is 0 Å². The highest BCUT2D eigenvalue weighted by atomic mass is 16.5. The fraction of sp³-hybridized carbons (Fsp3) is 0.364. The number of carboxylic acids is 1. The molecule has 6 nitrogen and oxygen atoms in total. The number of carbonyl (C=O) groups excluding carboxylic acids is 2. The summed E-state index contributed by atoms with van der Waals surface area (Å²) in [5.74, 6) is -2.14. The fourth-order valence-corrected chi connectivity index (χ4v) is 0.504. The summed E-state index contributed by atoms with van der Waals surface area (Å²) >= 11 is 0. The Bertz CT molecular complexity index is 316. The lowest BCUT2D eigenvalue weighted by molar-refractivity contribution is -0.138. The molecule has 0 rings (SSSR count). The van der Waals surface area contributed by atoms with Crippen LogP contribution >= 0.6 is 0 Å². The van der Waals surface area contributed by atoms with E-state index >= 15 is 0 Å². The van der Waals surface area contributed by atoms with Crippen molar-refractivity contribution in [2.75, 3.05) is 13.7 Å². The van der Waals surface area contributed by atoms with E-state index in [9.17, 15) is 14.4 Å². The number of ether oxygens (including phenoxy) is 2. The fourth-order valence-electron chi connectivity index (χ4n) is 0.504. The molecule has 0 bridgehead atoms. The molecule has 0 heterocycles. The lowest BCUT2D eigenvalue weighted by Gasteiger charge is -1.92. The summed E-state index contributed by atoms with van der Waals surface area (Å²) in [4.78, 5) is 30.4. The molecular formula is C11H16O6. The molecule has 0 aromatic carbocycles. The molecule has 0 spiro atoms. The van der Waals surface area contributed by atoms with Gasteiger partial charge in [-0.2, -0.15) is 0 Å². The summed E-state index contributed by atoms with van der Waals surface area (Å²) in [5, 5.41) is 8.04. The molecule has 6 heteroatoms. The van der Waals surface area contributed by atoms with Gasteiger partial charge in [0, 0.05) is 17.7 Å². The van der Waals surface area contributed by atoms with Crippen LogP contribution < -0.4 is 0 Å². The molecule has 0 fully saturated rings. The van der Waals surface area contributed by atoms with Gasteiger partial charge in [0.1, 0.15) is 0 Å². The van der Waals surface area contributed by atoms with Crippen molar-refractivity contribution in [2.45, 2.75) is 13.8 Å². The molecule has 96 valence electrons. The second kappa shape index (κ2) is 10.4. The maximum absolute atomic E-state index is 10.4. The Balaban J connectivity index is 0. The van der Waals surface area contributed by atoms with Gasteiger partial charge >= 0.3 is 17.9 Å². The van der Waals surface area contributed by atoms with Gasteiger partial charge in [0.05, 0.1) is 13.7 Å². The predicted octanol–water partition coefficient (Wildman–Crippen LogP) is 0.926. The van der Waals surface area contributed by atoms with E-state index in [0.29, 0.717) is 5.57 Å². The highest BCUT2D eigenvalue weighted by Crippen LogP contribution is 1.87. The first kappa shape index (κ1) is 17.3. The van der Waals surface area contributed by atoms with E-state index in [4.69, 9.17) is 5.11 Å². The molecule has 0 aliphatic carbocycles. The summed E-state index contributed by atoms with van der Waals surface area (Å²) < 4.78 is 8.68. The zero-order chi connectivity index (χ0) is 13.8. The molecule has 0 saturated heterocycles. The lowest BCUT2D eigenvalue weighted by atomic mass is 10.4. The highest BCUT2D eigenvalue weighted by molar-refractivity contribution is 5.90. The summed E-state index contributed by atoms with van der Waals surface area (Å²) in [5.41, 5.74) is 0.433. The minimum absolute atomic E-state index is 0.253. The minimum Gasteiger partial charge on any atom is -0.478 e. The Hall–Kier alpha value is -2.11. The van der Waals surface area contributed by atoms with Crippen LogP contribution in [0.1, 0.15) is 13.8 Å². The van der Waals surface area contributed by atoms with E-state index in [0.717, 1.165) is 12.2 Å². The van der Waals surface area contributed by atoms with Crippen molar-refractivity contribution in [3.63, 3.8) is 0 Å². The summed E-state index contributed by atoms with van der Waals surface area (Å²) in [6.07, 6.45) is 1.60. The van der Waals surface area contributed by atoms with Crippen LogP contribution in [0.5, 0.6) is 0 Å². The zero-order valence-corrected chi connectivity index (χ0v) is 10.1. The van der Waals surface area contributed by atoms with Crippen molar-refractivity contribution < 1.29 is 29.0 Å². The number of methoxy groups -OCH3 is 1. The second-order valence-corrected chi connectivity index (χ2v) is 2.70. The van der Waals surface area contributed by atoms with Gasteiger partial charge in [0.25, 0.3) is 0 Å². The Labute approximate surface area is 99.5 Å². The molecule has 0 saturated carbocycles. The highest BCUT2D eigenvalue weighted by Gasteiger charge is 1.95. The van der Waals surface area contributed by atoms with Crippen molar-refractivity contribution in [2.24, 2.45) is 0 Å². The summed E-state index contributed by atoms with van der Waals surface area (Å²) in [6.45, 7) is 6.85. The van der Waals surface area contributed by atoms with Crippen LogP contribution in [0.15, 0.2) is 24.3 Å². The number of hydrogen-bond donors (Lipinski definition) is 1. The van der Waals surface area contributed by atoms with Gasteiger partial charge in [-0.25, -0.2) is 14.4 Å². The van der Waals surface area contributed by atoms with Gasteiger partial charge in [0.15, 0.2) is 0 Å². The summed E-state index contributed by atoms with van der Waals surface area (Å²) in [6, 6.07) is 0. The molecule has 0 aromatic heterocycles.